The Balaban J connectivity index is 2.17. The molecule has 1 aromatic heterocycles. The van der Waals surface area contributed by atoms with Gasteiger partial charge in [-0.2, -0.15) is 0 Å². The molecule has 0 aliphatic heterocycles. The number of anilines is 1. The zero-order valence-corrected chi connectivity index (χ0v) is 14.8. The second-order valence-electron chi connectivity index (χ2n) is 6.32. The van der Waals surface area contributed by atoms with Gasteiger partial charge >= 0.3 is 0 Å². The number of rotatable bonds is 3. The molecule has 3 rings (SSSR count). The number of aliphatic hydroxyl groups is 1. The molecule has 0 fully saturated rings. The zero-order valence-electron chi connectivity index (χ0n) is 14.0. The van der Waals surface area contributed by atoms with Crippen LogP contribution in [0, 0.1) is 0 Å². The number of fused-ring (bicyclic) bond motifs is 1. The Labute approximate surface area is 141 Å². The molecular formula is C17H21BN2O2S. The van der Waals surface area contributed by atoms with Gasteiger partial charge in [-0.05, 0) is 38.3 Å². The third-order valence-corrected chi connectivity index (χ3v) is 5.65. The third-order valence-electron chi connectivity index (χ3n) is 4.42. The summed E-state index contributed by atoms with van der Waals surface area (Å²) in [5.41, 5.74) is 4.63. The molecule has 0 saturated heterocycles. The van der Waals surface area contributed by atoms with Gasteiger partial charge in [-0.15, -0.1) is 11.3 Å². The average molecular weight is 328 g/mol. The zero-order chi connectivity index (χ0) is 16.7. The number of thiazole rings is 1. The molecular weight excluding hydrogens is 307 g/mol. The van der Waals surface area contributed by atoms with Crippen LogP contribution < -0.4 is 10.4 Å². The van der Waals surface area contributed by atoms with Crippen molar-refractivity contribution in [3.63, 3.8) is 0 Å². The summed E-state index contributed by atoms with van der Waals surface area (Å²) in [6.07, 6.45) is 2.27. The normalized spacial score (nSPS) is 17.0. The summed E-state index contributed by atoms with van der Waals surface area (Å²) in [4.78, 5) is 20.0. The maximum Gasteiger partial charge on any atom is 0.160 e. The van der Waals surface area contributed by atoms with Crippen LogP contribution in [-0.2, 0) is 6.42 Å². The highest BCUT2D eigenvalue weighted by atomic mass is 32.1. The number of aryl methyl sites for hydroxylation is 1. The van der Waals surface area contributed by atoms with E-state index in [1.54, 1.807) is 6.92 Å². The summed E-state index contributed by atoms with van der Waals surface area (Å²) < 4.78 is 0. The van der Waals surface area contributed by atoms with E-state index in [1.165, 1.54) is 11.3 Å². The monoisotopic (exact) mass is 328 g/mol. The quantitative estimate of drug-likeness (QED) is 0.688. The molecule has 23 heavy (non-hydrogen) atoms. The minimum absolute atomic E-state index is 0.0509. The van der Waals surface area contributed by atoms with E-state index < -0.39 is 6.10 Å². The Bertz CT molecular complexity index is 770. The molecule has 0 bridgehead atoms. The number of aromatic nitrogens is 1. The van der Waals surface area contributed by atoms with Gasteiger partial charge in [-0.3, -0.25) is 4.79 Å². The fourth-order valence-corrected chi connectivity index (χ4v) is 4.49. The van der Waals surface area contributed by atoms with Crippen molar-refractivity contribution < 1.29 is 9.90 Å². The van der Waals surface area contributed by atoms with Crippen LogP contribution in [0.3, 0.4) is 0 Å². The summed E-state index contributed by atoms with van der Waals surface area (Å²) in [7, 11) is 5.94. The third kappa shape index (κ3) is 2.81. The molecule has 1 N–H and O–H groups in total. The molecule has 0 saturated carbocycles. The molecule has 1 unspecified atom stereocenters. The van der Waals surface area contributed by atoms with E-state index in [0.717, 1.165) is 57.1 Å². The highest BCUT2D eigenvalue weighted by Gasteiger charge is 2.25. The van der Waals surface area contributed by atoms with Crippen LogP contribution in [0.5, 0.6) is 0 Å². The van der Waals surface area contributed by atoms with E-state index in [1.807, 2.05) is 39.0 Å². The van der Waals surface area contributed by atoms with Gasteiger partial charge in [0, 0.05) is 30.9 Å². The van der Waals surface area contributed by atoms with Crippen molar-refractivity contribution in [3.8, 4) is 10.6 Å². The Morgan fingerprint density at radius 2 is 2.17 bits per heavy atom. The van der Waals surface area contributed by atoms with E-state index in [-0.39, 0.29) is 5.78 Å². The predicted octanol–water partition coefficient (Wildman–Crippen LogP) is 1.71. The van der Waals surface area contributed by atoms with Crippen LogP contribution in [-0.4, -0.2) is 37.8 Å². The molecule has 120 valence electrons. The molecule has 0 amide bonds. The van der Waals surface area contributed by atoms with Crippen LogP contribution in [0.2, 0.25) is 0 Å². The highest BCUT2D eigenvalue weighted by molar-refractivity contribution is 7.15. The van der Waals surface area contributed by atoms with Gasteiger partial charge in [0.25, 0.3) is 0 Å². The Morgan fingerprint density at radius 3 is 2.78 bits per heavy atom. The molecule has 1 aliphatic rings. The molecule has 1 aromatic carbocycles. The summed E-state index contributed by atoms with van der Waals surface area (Å²) >= 11 is 1.52. The number of carbonyl (C=O) groups excluding carboxylic acids is 1. The van der Waals surface area contributed by atoms with Gasteiger partial charge in [0.1, 0.15) is 12.9 Å². The summed E-state index contributed by atoms with van der Waals surface area (Å²) in [5.74, 6) is 0.0509. The first kappa shape index (κ1) is 16.2. The van der Waals surface area contributed by atoms with Crippen LogP contribution in [0.4, 0.5) is 5.69 Å². The molecule has 2 aromatic rings. The number of Topliss-reactive ketones (excluding diaryl/α,β-unsaturated/α-hetero) is 1. The SMILES string of the molecule is Bc1c(N(C)C)ccc(-c2nc3c(s2)C(O)CCC3)c1C(C)=O. The smallest absolute Gasteiger partial charge is 0.160 e. The number of hydrogen-bond acceptors (Lipinski definition) is 5. The Morgan fingerprint density at radius 1 is 1.43 bits per heavy atom. The maximum atomic E-state index is 12.3. The Hall–Kier alpha value is -1.66. The van der Waals surface area contributed by atoms with Crippen LogP contribution >= 0.6 is 11.3 Å². The second-order valence-corrected chi connectivity index (χ2v) is 7.35. The highest BCUT2D eigenvalue weighted by Crippen LogP contribution is 2.39. The van der Waals surface area contributed by atoms with Gasteiger partial charge in [-0.1, -0.05) is 5.46 Å². The van der Waals surface area contributed by atoms with Gasteiger partial charge in [0.2, 0.25) is 0 Å². The molecule has 0 radical (unpaired) electrons. The van der Waals surface area contributed by atoms with Crippen LogP contribution in [0.15, 0.2) is 12.1 Å². The van der Waals surface area contributed by atoms with Gasteiger partial charge in [0.05, 0.1) is 16.7 Å². The molecule has 4 nitrogen and oxygen atoms in total. The summed E-state index contributed by atoms with van der Waals surface area (Å²) in [6.45, 7) is 1.60. The fraction of sp³-hybridized carbons (Fsp3) is 0.412. The van der Waals surface area contributed by atoms with E-state index in [2.05, 4.69) is 0 Å². The first-order chi connectivity index (χ1) is 10.9. The van der Waals surface area contributed by atoms with Gasteiger partial charge in [-0.25, -0.2) is 4.98 Å². The lowest BCUT2D eigenvalue weighted by Crippen LogP contribution is -2.24. The van der Waals surface area contributed by atoms with E-state index in [0.29, 0.717) is 0 Å². The first-order valence-corrected chi connectivity index (χ1v) is 8.71. The lowest BCUT2D eigenvalue weighted by atomic mass is 9.84. The minimum Gasteiger partial charge on any atom is -0.388 e. The van der Waals surface area contributed by atoms with Crippen LogP contribution in [0.1, 0.15) is 46.8 Å². The number of carbonyl (C=O) groups is 1. The topological polar surface area (TPSA) is 53.4 Å². The van der Waals surface area contributed by atoms with Gasteiger partial charge < -0.3 is 10.0 Å². The van der Waals surface area contributed by atoms with Crippen molar-refractivity contribution >= 4 is 36.1 Å². The summed E-state index contributed by atoms with van der Waals surface area (Å²) in [6, 6.07) is 4.02. The number of nitrogens with zero attached hydrogens (tertiary/aromatic N) is 2. The Kier molecular flexibility index (Phi) is 4.30. The van der Waals surface area contributed by atoms with E-state index in [4.69, 9.17) is 4.98 Å². The predicted molar refractivity (Wildman–Crippen MR) is 98.0 cm³/mol. The average Bonchev–Trinajstić information content (AvgIpc) is 2.91. The molecule has 0 spiro atoms. The molecule has 6 heteroatoms. The first-order valence-electron chi connectivity index (χ1n) is 7.90. The van der Waals surface area contributed by atoms with Crippen molar-refractivity contribution in [2.75, 3.05) is 19.0 Å². The fourth-order valence-electron chi connectivity index (χ4n) is 3.33. The second kappa shape index (κ2) is 6.09. The standard InChI is InChI=1S/C17H21BN2O2S/c1-9(21)14-10(7-8-12(15(14)18)20(2)3)17-19-11-5-4-6-13(22)16(11)23-17/h7-8,13,22H,4-6,18H2,1-3H3. The van der Waals surface area contributed by atoms with Crippen molar-refractivity contribution in [2.24, 2.45) is 0 Å². The molecule has 1 aliphatic carbocycles. The van der Waals surface area contributed by atoms with Crippen molar-refractivity contribution in [2.45, 2.75) is 32.3 Å². The molecule has 1 heterocycles. The van der Waals surface area contributed by atoms with E-state index >= 15 is 0 Å². The number of benzene rings is 1. The van der Waals surface area contributed by atoms with E-state index in [9.17, 15) is 9.90 Å². The number of aliphatic hydroxyl groups excluding tert-OH is 1. The minimum atomic E-state index is -0.409. The summed E-state index contributed by atoms with van der Waals surface area (Å²) in [5, 5.41) is 11.0. The number of ketones is 1. The lowest BCUT2D eigenvalue weighted by molar-refractivity contribution is 0.101. The largest absolute Gasteiger partial charge is 0.388 e. The van der Waals surface area contributed by atoms with Crippen molar-refractivity contribution in [1.82, 2.24) is 4.98 Å². The van der Waals surface area contributed by atoms with Crippen molar-refractivity contribution in [3.05, 3.63) is 28.3 Å². The van der Waals surface area contributed by atoms with Gasteiger partial charge in [0.15, 0.2) is 5.78 Å². The van der Waals surface area contributed by atoms with Crippen molar-refractivity contribution in [1.29, 1.82) is 0 Å². The lowest BCUT2D eigenvalue weighted by Gasteiger charge is -2.19. The molecule has 1 atom stereocenters. The number of hydrogen-bond donors (Lipinski definition) is 1. The van der Waals surface area contributed by atoms with Crippen LogP contribution in [0.25, 0.3) is 10.6 Å². The maximum absolute atomic E-state index is 12.3.